The summed E-state index contributed by atoms with van der Waals surface area (Å²) < 4.78 is 13.3. The van der Waals surface area contributed by atoms with Gasteiger partial charge in [-0.15, -0.1) is 0 Å². The Morgan fingerprint density at radius 3 is 2.94 bits per heavy atom. The van der Waals surface area contributed by atoms with Gasteiger partial charge in [0.05, 0.1) is 0 Å². The van der Waals surface area contributed by atoms with Crippen LogP contribution in [0, 0.1) is 5.82 Å². The number of benzene rings is 1. The van der Waals surface area contributed by atoms with Gasteiger partial charge in [-0.2, -0.15) is 0 Å². The van der Waals surface area contributed by atoms with Gasteiger partial charge in [0.1, 0.15) is 0 Å². The van der Waals surface area contributed by atoms with E-state index in [9.17, 15) is 9.50 Å². The Kier molecular flexibility index (Phi) is 4.59. The summed E-state index contributed by atoms with van der Waals surface area (Å²) in [6, 6.07) is 5.35. The van der Waals surface area contributed by atoms with Crippen LogP contribution < -0.4 is 0 Å². The smallest absolute Gasteiger partial charge is 0.165 e. The summed E-state index contributed by atoms with van der Waals surface area (Å²) in [5, 5.41) is 9.76. The number of halogens is 1. The van der Waals surface area contributed by atoms with Crippen LogP contribution >= 0.6 is 0 Å². The fourth-order valence-electron chi connectivity index (χ4n) is 2.81. The Hall–Kier alpha value is -1.09. The van der Waals surface area contributed by atoms with Crippen LogP contribution in [0.15, 0.2) is 18.2 Å². The van der Waals surface area contributed by atoms with Crippen molar-refractivity contribution < 1.29 is 9.50 Å². The first kappa shape index (κ1) is 13.3. The highest BCUT2D eigenvalue weighted by Crippen LogP contribution is 2.26. The molecule has 100 valence electrons. The number of nitrogens with zero attached hydrogens (tertiary/aromatic N) is 1. The third-order valence-corrected chi connectivity index (χ3v) is 3.91. The van der Waals surface area contributed by atoms with E-state index in [0.717, 1.165) is 13.0 Å². The molecule has 1 aromatic carbocycles. The zero-order valence-electron chi connectivity index (χ0n) is 11.0. The van der Waals surface area contributed by atoms with Crippen LogP contribution in [0.2, 0.25) is 0 Å². The second kappa shape index (κ2) is 6.19. The standard InChI is InChI=1S/C15H22FNO/c1-2-13-8-4-3-5-10-17(13)11-12-7-6-9-14(16)15(12)18/h6-7,9,13,18H,2-5,8,10-11H2,1H3. The van der Waals surface area contributed by atoms with Crippen molar-refractivity contribution in [2.75, 3.05) is 6.54 Å². The monoisotopic (exact) mass is 251 g/mol. The molecule has 0 aliphatic carbocycles. The Morgan fingerprint density at radius 2 is 2.17 bits per heavy atom. The lowest BCUT2D eigenvalue weighted by Gasteiger charge is -2.29. The molecule has 3 heteroatoms. The van der Waals surface area contributed by atoms with Gasteiger partial charge in [-0.25, -0.2) is 4.39 Å². The SMILES string of the molecule is CCC1CCCCCN1Cc1cccc(F)c1O. The predicted molar refractivity (Wildman–Crippen MR) is 71.0 cm³/mol. The van der Waals surface area contributed by atoms with Crippen molar-refractivity contribution in [2.45, 2.75) is 51.6 Å². The average Bonchev–Trinajstić information content (AvgIpc) is 2.60. The highest BCUT2D eigenvalue weighted by atomic mass is 19.1. The van der Waals surface area contributed by atoms with Gasteiger partial charge in [-0.1, -0.05) is 31.9 Å². The van der Waals surface area contributed by atoms with E-state index in [0.29, 0.717) is 18.2 Å². The molecule has 1 heterocycles. The molecule has 1 aliphatic rings. The molecule has 1 atom stereocenters. The van der Waals surface area contributed by atoms with Crippen LogP contribution in [0.25, 0.3) is 0 Å². The molecule has 2 rings (SSSR count). The van der Waals surface area contributed by atoms with E-state index >= 15 is 0 Å². The zero-order valence-corrected chi connectivity index (χ0v) is 11.0. The van der Waals surface area contributed by atoms with Crippen LogP contribution in [-0.4, -0.2) is 22.6 Å². The first-order valence-electron chi connectivity index (χ1n) is 6.92. The number of hydrogen-bond acceptors (Lipinski definition) is 2. The van der Waals surface area contributed by atoms with Crippen molar-refractivity contribution in [1.82, 2.24) is 4.90 Å². The van der Waals surface area contributed by atoms with Crippen molar-refractivity contribution >= 4 is 0 Å². The minimum atomic E-state index is -0.518. The molecule has 1 aromatic rings. The topological polar surface area (TPSA) is 23.5 Å². The molecule has 1 saturated heterocycles. The molecule has 0 bridgehead atoms. The summed E-state index contributed by atoms with van der Waals surface area (Å²) >= 11 is 0. The van der Waals surface area contributed by atoms with Crippen molar-refractivity contribution in [3.8, 4) is 5.75 Å². The van der Waals surface area contributed by atoms with E-state index in [2.05, 4.69) is 11.8 Å². The van der Waals surface area contributed by atoms with Crippen molar-refractivity contribution in [1.29, 1.82) is 0 Å². The molecule has 1 aliphatic heterocycles. The highest BCUT2D eigenvalue weighted by Gasteiger charge is 2.20. The Labute approximate surface area is 108 Å². The highest BCUT2D eigenvalue weighted by molar-refractivity contribution is 5.33. The lowest BCUT2D eigenvalue weighted by Crippen LogP contribution is -2.33. The van der Waals surface area contributed by atoms with Gasteiger partial charge in [0.2, 0.25) is 0 Å². The Morgan fingerprint density at radius 1 is 1.33 bits per heavy atom. The van der Waals surface area contributed by atoms with Crippen LogP contribution in [0.3, 0.4) is 0 Å². The quantitative estimate of drug-likeness (QED) is 0.885. The van der Waals surface area contributed by atoms with Gasteiger partial charge in [0, 0.05) is 18.2 Å². The van der Waals surface area contributed by atoms with Crippen molar-refractivity contribution in [2.24, 2.45) is 0 Å². The predicted octanol–water partition coefficient (Wildman–Crippen LogP) is 3.69. The van der Waals surface area contributed by atoms with Gasteiger partial charge in [0.15, 0.2) is 11.6 Å². The molecule has 1 N–H and O–H groups in total. The summed E-state index contributed by atoms with van der Waals surface area (Å²) in [6.45, 7) is 3.91. The number of rotatable bonds is 3. The molecular formula is C15H22FNO. The van der Waals surface area contributed by atoms with E-state index in [1.165, 1.54) is 31.7 Å². The molecule has 1 unspecified atom stereocenters. The summed E-state index contributed by atoms with van der Waals surface area (Å²) in [4.78, 5) is 2.39. The second-order valence-electron chi connectivity index (χ2n) is 5.13. The number of phenolic OH excluding ortho intramolecular Hbond substituents is 1. The molecule has 0 radical (unpaired) electrons. The minimum Gasteiger partial charge on any atom is -0.505 e. The normalized spacial score (nSPS) is 21.8. The van der Waals surface area contributed by atoms with E-state index in [1.54, 1.807) is 6.07 Å². The van der Waals surface area contributed by atoms with E-state index in [-0.39, 0.29) is 5.75 Å². The molecule has 0 saturated carbocycles. The molecular weight excluding hydrogens is 229 g/mol. The van der Waals surface area contributed by atoms with Gasteiger partial charge in [0.25, 0.3) is 0 Å². The maximum atomic E-state index is 13.3. The Bertz CT molecular complexity index is 394. The average molecular weight is 251 g/mol. The fraction of sp³-hybridized carbons (Fsp3) is 0.600. The van der Waals surface area contributed by atoms with E-state index in [1.807, 2.05) is 6.07 Å². The zero-order chi connectivity index (χ0) is 13.0. The third kappa shape index (κ3) is 3.02. The lowest BCUT2D eigenvalue weighted by molar-refractivity contribution is 0.183. The van der Waals surface area contributed by atoms with Gasteiger partial charge >= 0.3 is 0 Å². The minimum absolute atomic E-state index is 0.184. The fourth-order valence-corrected chi connectivity index (χ4v) is 2.81. The maximum absolute atomic E-state index is 13.3. The summed E-state index contributed by atoms with van der Waals surface area (Å²) in [5.74, 6) is -0.702. The Balaban J connectivity index is 2.12. The number of likely N-dealkylation sites (tertiary alicyclic amines) is 1. The molecule has 1 fully saturated rings. The molecule has 18 heavy (non-hydrogen) atoms. The van der Waals surface area contributed by atoms with Gasteiger partial charge in [-0.05, 0) is 31.9 Å². The van der Waals surface area contributed by atoms with Gasteiger partial charge in [-0.3, -0.25) is 4.90 Å². The largest absolute Gasteiger partial charge is 0.505 e. The lowest BCUT2D eigenvalue weighted by atomic mass is 10.1. The maximum Gasteiger partial charge on any atom is 0.165 e. The molecule has 0 amide bonds. The number of para-hydroxylation sites is 1. The van der Waals surface area contributed by atoms with Crippen LogP contribution in [0.4, 0.5) is 4.39 Å². The van der Waals surface area contributed by atoms with Gasteiger partial charge < -0.3 is 5.11 Å². The summed E-state index contributed by atoms with van der Waals surface area (Å²) in [5.41, 5.74) is 0.704. The van der Waals surface area contributed by atoms with E-state index < -0.39 is 5.82 Å². The molecule has 2 nitrogen and oxygen atoms in total. The summed E-state index contributed by atoms with van der Waals surface area (Å²) in [6.07, 6.45) is 6.10. The van der Waals surface area contributed by atoms with Crippen LogP contribution in [-0.2, 0) is 6.54 Å². The molecule has 0 spiro atoms. The third-order valence-electron chi connectivity index (χ3n) is 3.91. The number of hydrogen-bond donors (Lipinski definition) is 1. The van der Waals surface area contributed by atoms with Crippen molar-refractivity contribution in [3.63, 3.8) is 0 Å². The molecule has 0 aromatic heterocycles. The van der Waals surface area contributed by atoms with Crippen molar-refractivity contribution in [3.05, 3.63) is 29.6 Å². The number of phenols is 1. The van der Waals surface area contributed by atoms with Crippen LogP contribution in [0.1, 0.15) is 44.6 Å². The first-order chi connectivity index (χ1) is 8.72. The first-order valence-corrected chi connectivity index (χ1v) is 6.92. The second-order valence-corrected chi connectivity index (χ2v) is 5.13. The number of aromatic hydroxyl groups is 1. The van der Waals surface area contributed by atoms with Crippen LogP contribution in [0.5, 0.6) is 5.75 Å². The summed E-state index contributed by atoms with van der Waals surface area (Å²) in [7, 11) is 0. The van der Waals surface area contributed by atoms with E-state index in [4.69, 9.17) is 0 Å².